The molecule has 1 atom stereocenters. The first-order chi connectivity index (χ1) is 13.9. The third-order valence-electron chi connectivity index (χ3n) is 5.04. The average Bonchev–Trinajstić information content (AvgIpc) is 3.10. The van der Waals surface area contributed by atoms with Gasteiger partial charge in [-0.15, -0.1) is 5.10 Å². The van der Waals surface area contributed by atoms with E-state index in [1.165, 1.54) is 10.9 Å². The highest BCUT2D eigenvalue weighted by molar-refractivity contribution is 7.89. The Bertz CT molecular complexity index is 1130. The van der Waals surface area contributed by atoms with Crippen LogP contribution in [0.2, 0.25) is 10.0 Å². The van der Waals surface area contributed by atoms with Crippen LogP contribution < -0.4 is 4.84 Å². The van der Waals surface area contributed by atoms with Crippen LogP contribution in [0.25, 0.3) is 11.0 Å². The van der Waals surface area contributed by atoms with Gasteiger partial charge in [-0.1, -0.05) is 41.0 Å². The van der Waals surface area contributed by atoms with Crippen LogP contribution in [0.5, 0.6) is 0 Å². The minimum atomic E-state index is -3.59. The smallest absolute Gasteiger partial charge is 0.243 e. The highest BCUT2D eigenvalue weighted by Gasteiger charge is 2.29. The average molecular weight is 455 g/mol. The number of rotatable bonds is 5. The first kappa shape index (κ1) is 20.4. The number of hydrogen-bond donors (Lipinski definition) is 0. The molecule has 0 aliphatic carbocycles. The Morgan fingerprint density at radius 3 is 2.69 bits per heavy atom. The van der Waals surface area contributed by atoms with E-state index < -0.39 is 10.0 Å². The van der Waals surface area contributed by atoms with Crippen LogP contribution in [0.1, 0.15) is 25.3 Å². The van der Waals surface area contributed by atoms with Gasteiger partial charge in [-0.05, 0) is 54.3 Å². The van der Waals surface area contributed by atoms with Gasteiger partial charge in [-0.2, -0.15) is 4.31 Å². The molecule has 0 amide bonds. The van der Waals surface area contributed by atoms with Crippen LogP contribution in [-0.4, -0.2) is 41.0 Å². The zero-order valence-electron chi connectivity index (χ0n) is 15.8. The molecule has 0 saturated carbocycles. The first-order valence-corrected chi connectivity index (χ1v) is 11.5. The van der Waals surface area contributed by atoms with Crippen molar-refractivity contribution in [2.75, 3.05) is 13.1 Å². The number of nitrogens with zero attached hydrogens (tertiary/aromatic N) is 4. The van der Waals surface area contributed by atoms with Gasteiger partial charge in [0.05, 0.1) is 4.90 Å². The number of halogens is 2. The van der Waals surface area contributed by atoms with Crippen molar-refractivity contribution >= 4 is 44.3 Å². The first-order valence-electron chi connectivity index (χ1n) is 9.28. The van der Waals surface area contributed by atoms with Gasteiger partial charge in [-0.25, -0.2) is 8.42 Å². The fraction of sp³-hybridized carbons (Fsp3) is 0.368. The van der Waals surface area contributed by atoms with Crippen LogP contribution in [0.15, 0.2) is 41.3 Å². The van der Waals surface area contributed by atoms with Crippen molar-refractivity contribution < 1.29 is 13.3 Å². The van der Waals surface area contributed by atoms with Gasteiger partial charge in [0.2, 0.25) is 10.0 Å². The maximum absolute atomic E-state index is 13.1. The van der Waals surface area contributed by atoms with Crippen molar-refractivity contribution in [2.45, 2.75) is 31.3 Å². The summed E-state index contributed by atoms with van der Waals surface area (Å²) in [5.41, 5.74) is 1.60. The maximum Gasteiger partial charge on any atom is 0.243 e. The summed E-state index contributed by atoms with van der Waals surface area (Å²) in [6, 6.07) is 9.91. The summed E-state index contributed by atoms with van der Waals surface area (Å²) in [6.45, 7) is 3.19. The summed E-state index contributed by atoms with van der Waals surface area (Å²) in [4.78, 5) is 7.10. The summed E-state index contributed by atoms with van der Waals surface area (Å²) in [5.74, 6) is 0.346. The van der Waals surface area contributed by atoms with E-state index in [-0.39, 0.29) is 11.5 Å². The number of piperidine rings is 1. The van der Waals surface area contributed by atoms with Crippen LogP contribution >= 0.6 is 23.2 Å². The fourth-order valence-corrected chi connectivity index (χ4v) is 5.57. The van der Waals surface area contributed by atoms with E-state index in [4.69, 9.17) is 28.0 Å². The van der Waals surface area contributed by atoms with E-state index >= 15 is 0 Å². The van der Waals surface area contributed by atoms with Gasteiger partial charge in [0.15, 0.2) is 0 Å². The predicted molar refractivity (Wildman–Crippen MR) is 111 cm³/mol. The van der Waals surface area contributed by atoms with Crippen LogP contribution in [-0.2, 0) is 16.6 Å². The van der Waals surface area contributed by atoms with Gasteiger partial charge in [0.25, 0.3) is 0 Å². The monoisotopic (exact) mass is 454 g/mol. The fourth-order valence-electron chi connectivity index (χ4n) is 3.44. The molecule has 2 aromatic carbocycles. The van der Waals surface area contributed by atoms with Crippen LogP contribution in [0.3, 0.4) is 0 Å². The van der Waals surface area contributed by atoms with Crippen LogP contribution in [0.4, 0.5) is 0 Å². The minimum Gasteiger partial charge on any atom is -0.390 e. The Labute approximate surface area is 179 Å². The highest BCUT2D eigenvalue weighted by atomic mass is 35.5. The van der Waals surface area contributed by atoms with Crippen LogP contribution in [0, 0.1) is 5.92 Å². The molecule has 7 nitrogen and oxygen atoms in total. The lowest BCUT2D eigenvalue weighted by molar-refractivity contribution is 0.0752. The molecule has 10 heteroatoms. The molecule has 0 radical (unpaired) electrons. The number of benzene rings is 2. The summed E-state index contributed by atoms with van der Waals surface area (Å²) < 4.78 is 27.7. The third-order valence-corrected chi connectivity index (χ3v) is 7.61. The maximum atomic E-state index is 13.1. The normalized spacial score (nSPS) is 18.2. The van der Waals surface area contributed by atoms with E-state index in [0.717, 1.165) is 12.8 Å². The molecule has 154 valence electrons. The highest BCUT2D eigenvalue weighted by Crippen LogP contribution is 2.26. The lowest BCUT2D eigenvalue weighted by Gasteiger charge is -2.30. The molecule has 1 fully saturated rings. The van der Waals surface area contributed by atoms with Crippen molar-refractivity contribution in [1.29, 1.82) is 0 Å². The second-order valence-corrected chi connectivity index (χ2v) is 9.95. The Balaban J connectivity index is 1.63. The molecule has 1 aliphatic rings. The molecule has 4 rings (SSSR count). The lowest BCUT2D eigenvalue weighted by Crippen LogP contribution is -2.39. The third kappa shape index (κ3) is 4.07. The number of sulfonamides is 1. The molecule has 0 N–H and O–H groups in total. The molecule has 1 saturated heterocycles. The lowest BCUT2D eigenvalue weighted by atomic mass is 10.0. The van der Waals surface area contributed by atoms with E-state index in [2.05, 4.69) is 17.2 Å². The summed E-state index contributed by atoms with van der Waals surface area (Å²) in [5, 5.41) is 8.96. The largest absolute Gasteiger partial charge is 0.390 e. The molecule has 0 bridgehead atoms. The Hall–Kier alpha value is -1.87. The molecule has 3 aromatic rings. The quantitative estimate of drug-likeness (QED) is 0.585. The van der Waals surface area contributed by atoms with Crippen molar-refractivity contribution in [2.24, 2.45) is 5.92 Å². The van der Waals surface area contributed by atoms with E-state index in [0.29, 0.717) is 45.6 Å². The molecular weight excluding hydrogens is 435 g/mol. The molecule has 1 unspecified atom stereocenters. The van der Waals surface area contributed by atoms with Crippen molar-refractivity contribution in [1.82, 2.24) is 19.5 Å². The van der Waals surface area contributed by atoms with Crippen molar-refractivity contribution in [3.8, 4) is 0 Å². The van der Waals surface area contributed by atoms with E-state index in [1.54, 1.807) is 34.6 Å². The van der Waals surface area contributed by atoms with Gasteiger partial charge < -0.3 is 4.84 Å². The van der Waals surface area contributed by atoms with E-state index in [9.17, 15) is 8.42 Å². The summed E-state index contributed by atoms with van der Waals surface area (Å²) >= 11 is 12.4. The van der Waals surface area contributed by atoms with Gasteiger partial charge in [-0.3, -0.25) is 0 Å². The summed E-state index contributed by atoms with van der Waals surface area (Å²) in [7, 11) is -3.59. The Morgan fingerprint density at radius 2 is 1.97 bits per heavy atom. The van der Waals surface area contributed by atoms with Crippen molar-refractivity contribution in [3.63, 3.8) is 0 Å². The molecule has 29 heavy (non-hydrogen) atoms. The zero-order valence-corrected chi connectivity index (χ0v) is 18.1. The zero-order chi connectivity index (χ0) is 20.6. The Kier molecular flexibility index (Phi) is 5.70. The molecule has 1 aromatic heterocycles. The van der Waals surface area contributed by atoms with Crippen molar-refractivity contribution in [3.05, 3.63) is 52.0 Å². The van der Waals surface area contributed by atoms with E-state index in [1.807, 2.05) is 0 Å². The minimum absolute atomic E-state index is 0.0670. The second-order valence-electron chi connectivity index (χ2n) is 7.20. The van der Waals surface area contributed by atoms with Gasteiger partial charge >= 0.3 is 0 Å². The van der Waals surface area contributed by atoms with Gasteiger partial charge in [0.1, 0.15) is 17.6 Å². The number of hydrogen-bond acceptors (Lipinski definition) is 5. The second kappa shape index (κ2) is 8.10. The molecule has 1 aliphatic heterocycles. The van der Waals surface area contributed by atoms with Gasteiger partial charge in [0, 0.05) is 28.7 Å². The SMILES string of the molecule is CC1CCCN(S(=O)(=O)c2ccc3nnn(OCc4c(Cl)cccc4Cl)c3c2)C1. The molecule has 0 spiro atoms. The number of aromatic nitrogens is 3. The standard InChI is InChI=1S/C19H20Cl2N4O3S/c1-13-4-3-9-24(11-13)29(26,27)14-7-8-18-19(10-14)25(23-22-18)28-12-15-16(20)5-2-6-17(15)21/h2,5-8,10,13H,3-4,9,11-12H2,1H3. The number of fused-ring (bicyclic) bond motifs is 1. The predicted octanol–water partition coefficient (Wildman–Crippen LogP) is 3.79. The molecular formula is C19H20Cl2N4O3S. The topological polar surface area (TPSA) is 77.3 Å². The summed E-state index contributed by atoms with van der Waals surface area (Å²) in [6.07, 6.45) is 1.91. The molecule has 2 heterocycles. The Morgan fingerprint density at radius 1 is 1.21 bits per heavy atom.